The maximum Gasteiger partial charge on any atom is 0.255 e. The van der Waals surface area contributed by atoms with E-state index in [4.69, 9.17) is 4.74 Å². The highest BCUT2D eigenvalue weighted by molar-refractivity contribution is 7.15. The Kier molecular flexibility index (Phi) is 5.26. The van der Waals surface area contributed by atoms with E-state index in [2.05, 4.69) is 15.6 Å². The van der Waals surface area contributed by atoms with Crippen LogP contribution in [0.1, 0.15) is 10.4 Å². The minimum Gasteiger partial charge on any atom is -0.496 e. The highest BCUT2D eigenvalue weighted by Gasteiger charge is 2.13. The summed E-state index contributed by atoms with van der Waals surface area (Å²) >= 11 is 1.58. The van der Waals surface area contributed by atoms with Crippen molar-refractivity contribution < 1.29 is 14.3 Å². The van der Waals surface area contributed by atoms with Crippen molar-refractivity contribution in [2.45, 2.75) is 0 Å². The van der Waals surface area contributed by atoms with Crippen LogP contribution in [0.2, 0.25) is 0 Å². The monoisotopic (exact) mass is 406 g/mol. The molecule has 4 aromatic rings. The van der Waals surface area contributed by atoms with Crippen LogP contribution in [0, 0.1) is 0 Å². The van der Waals surface area contributed by atoms with Gasteiger partial charge in [-0.15, -0.1) is 11.3 Å². The van der Waals surface area contributed by atoms with Crippen molar-refractivity contribution >= 4 is 33.8 Å². The number of anilines is 1. The van der Waals surface area contributed by atoms with Gasteiger partial charge < -0.3 is 15.4 Å². The van der Waals surface area contributed by atoms with E-state index in [9.17, 15) is 9.59 Å². The topological polar surface area (TPSA) is 84.7 Å². The molecule has 2 aromatic heterocycles. The molecule has 2 N–H and O–H groups in total. The number of aromatic nitrogens is 2. The van der Waals surface area contributed by atoms with Gasteiger partial charge in [-0.05, 0) is 24.3 Å². The standard InChI is InChI=1S/C21H18N4O3S/c1-28-18-5-3-2-4-16(18)20(27)22-12-19(26)23-15-8-6-14(7-9-15)17-13-25-10-11-29-21(25)24-17/h2-11,13H,12H2,1H3,(H,22,27)(H,23,26). The maximum absolute atomic E-state index is 12.3. The van der Waals surface area contributed by atoms with Gasteiger partial charge in [-0.1, -0.05) is 24.3 Å². The van der Waals surface area contributed by atoms with E-state index in [1.54, 1.807) is 35.6 Å². The van der Waals surface area contributed by atoms with Gasteiger partial charge in [0, 0.05) is 29.0 Å². The molecule has 7 nitrogen and oxygen atoms in total. The molecule has 0 unspecified atom stereocenters. The minimum absolute atomic E-state index is 0.143. The summed E-state index contributed by atoms with van der Waals surface area (Å²) in [5.41, 5.74) is 2.86. The number of hydrogen-bond donors (Lipinski definition) is 2. The molecule has 0 aliphatic carbocycles. The molecular weight excluding hydrogens is 388 g/mol. The number of nitrogens with one attached hydrogen (secondary N) is 2. The van der Waals surface area contributed by atoms with Gasteiger partial charge in [0.1, 0.15) is 5.75 Å². The van der Waals surface area contributed by atoms with Crippen LogP contribution in [0.25, 0.3) is 16.2 Å². The van der Waals surface area contributed by atoms with Gasteiger partial charge in [0.15, 0.2) is 4.96 Å². The molecular formula is C21H18N4O3S. The second-order valence-corrected chi connectivity index (χ2v) is 7.10. The fourth-order valence-corrected chi connectivity index (χ4v) is 3.58. The fourth-order valence-electron chi connectivity index (χ4n) is 2.88. The lowest BCUT2D eigenvalue weighted by molar-refractivity contribution is -0.115. The number of hydrogen-bond acceptors (Lipinski definition) is 5. The molecule has 0 radical (unpaired) electrons. The highest BCUT2D eigenvalue weighted by atomic mass is 32.1. The van der Waals surface area contributed by atoms with Crippen LogP contribution < -0.4 is 15.4 Å². The lowest BCUT2D eigenvalue weighted by atomic mass is 10.1. The second kappa shape index (κ2) is 8.15. The molecule has 2 aromatic carbocycles. The van der Waals surface area contributed by atoms with E-state index in [-0.39, 0.29) is 18.4 Å². The highest BCUT2D eigenvalue weighted by Crippen LogP contribution is 2.23. The van der Waals surface area contributed by atoms with Crippen LogP contribution in [-0.4, -0.2) is 34.9 Å². The lowest BCUT2D eigenvalue weighted by Gasteiger charge is -2.10. The number of carbonyl (C=O) groups excluding carboxylic acids is 2. The first-order chi connectivity index (χ1) is 14.1. The van der Waals surface area contributed by atoms with Crippen LogP contribution in [0.3, 0.4) is 0 Å². The second-order valence-electron chi connectivity index (χ2n) is 6.23. The quantitative estimate of drug-likeness (QED) is 0.514. The Morgan fingerprint density at radius 2 is 1.93 bits per heavy atom. The van der Waals surface area contributed by atoms with Gasteiger partial charge in [-0.3, -0.25) is 14.0 Å². The average molecular weight is 406 g/mol. The SMILES string of the molecule is COc1ccccc1C(=O)NCC(=O)Nc1ccc(-c2cn3ccsc3n2)cc1. The Morgan fingerprint density at radius 1 is 1.14 bits per heavy atom. The van der Waals surface area contributed by atoms with Crippen molar-refractivity contribution in [3.8, 4) is 17.0 Å². The minimum atomic E-state index is -0.368. The molecule has 0 aliphatic heterocycles. The molecule has 0 atom stereocenters. The zero-order valence-corrected chi connectivity index (χ0v) is 16.4. The van der Waals surface area contributed by atoms with Crippen LogP contribution in [-0.2, 0) is 4.79 Å². The van der Waals surface area contributed by atoms with Gasteiger partial charge in [0.05, 0.1) is 24.9 Å². The largest absolute Gasteiger partial charge is 0.496 e. The number of methoxy groups -OCH3 is 1. The number of carbonyl (C=O) groups is 2. The number of benzene rings is 2. The lowest BCUT2D eigenvalue weighted by Crippen LogP contribution is -2.33. The summed E-state index contributed by atoms with van der Waals surface area (Å²) < 4.78 is 7.14. The molecule has 0 bridgehead atoms. The van der Waals surface area contributed by atoms with E-state index >= 15 is 0 Å². The first-order valence-corrected chi connectivity index (χ1v) is 9.76. The molecule has 0 aliphatic rings. The number of para-hydroxylation sites is 1. The Hall–Kier alpha value is -3.65. The summed E-state index contributed by atoms with van der Waals surface area (Å²) in [4.78, 5) is 29.9. The van der Waals surface area contributed by atoms with Crippen molar-refractivity contribution in [1.29, 1.82) is 0 Å². The van der Waals surface area contributed by atoms with Crippen LogP contribution >= 0.6 is 11.3 Å². The van der Waals surface area contributed by atoms with E-state index < -0.39 is 0 Å². The molecule has 29 heavy (non-hydrogen) atoms. The molecule has 0 fully saturated rings. The summed E-state index contributed by atoms with van der Waals surface area (Å²) in [6, 6.07) is 14.3. The third-order valence-electron chi connectivity index (χ3n) is 4.32. The van der Waals surface area contributed by atoms with E-state index in [1.165, 1.54) is 7.11 Å². The normalized spacial score (nSPS) is 10.7. The molecule has 146 valence electrons. The molecule has 0 spiro atoms. The van der Waals surface area contributed by atoms with Gasteiger partial charge in [0.2, 0.25) is 5.91 Å². The summed E-state index contributed by atoms with van der Waals surface area (Å²) in [5, 5.41) is 7.35. The number of amides is 2. The molecule has 0 saturated heterocycles. The predicted molar refractivity (Wildman–Crippen MR) is 112 cm³/mol. The van der Waals surface area contributed by atoms with Gasteiger partial charge in [0.25, 0.3) is 5.91 Å². The Labute approximate surface area is 171 Å². The zero-order chi connectivity index (χ0) is 20.2. The molecule has 2 heterocycles. The van der Waals surface area contributed by atoms with Crippen molar-refractivity contribution in [2.75, 3.05) is 19.0 Å². The Bertz CT molecular complexity index is 1140. The van der Waals surface area contributed by atoms with Gasteiger partial charge in [-0.2, -0.15) is 0 Å². The van der Waals surface area contributed by atoms with Crippen molar-refractivity contribution in [1.82, 2.24) is 14.7 Å². The van der Waals surface area contributed by atoms with Crippen LogP contribution in [0.15, 0.2) is 66.3 Å². The molecule has 2 amide bonds. The number of ether oxygens (including phenoxy) is 1. The van der Waals surface area contributed by atoms with Crippen molar-refractivity contribution in [3.63, 3.8) is 0 Å². The third kappa shape index (κ3) is 4.12. The van der Waals surface area contributed by atoms with E-state index in [1.807, 2.05) is 46.4 Å². The van der Waals surface area contributed by atoms with Crippen LogP contribution in [0.4, 0.5) is 5.69 Å². The van der Waals surface area contributed by atoms with Crippen molar-refractivity contribution in [2.24, 2.45) is 0 Å². The van der Waals surface area contributed by atoms with E-state index in [0.717, 1.165) is 16.2 Å². The van der Waals surface area contributed by atoms with E-state index in [0.29, 0.717) is 17.0 Å². The first kappa shape index (κ1) is 18.7. The number of fused-ring (bicyclic) bond motifs is 1. The van der Waals surface area contributed by atoms with Gasteiger partial charge >= 0.3 is 0 Å². The third-order valence-corrected chi connectivity index (χ3v) is 5.09. The Morgan fingerprint density at radius 3 is 2.69 bits per heavy atom. The van der Waals surface area contributed by atoms with Crippen LogP contribution in [0.5, 0.6) is 5.75 Å². The Balaban J connectivity index is 1.35. The molecule has 4 rings (SSSR count). The summed E-state index contributed by atoms with van der Waals surface area (Å²) in [6.45, 7) is -0.143. The predicted octanol–water partition coefficient (Wildman–Crippen LogP) is 3.44. The first-order valence-electron chi connectivity index (χ1n) is 8.88. The average Bonchev–Trinajstić information content (AvgIpc) is 3.35. The smallest absolute Gasteiger partial charge is 0.255 e. The number of nitrogens with zero attached hydrogens (tertiary/aromatic N) is 2. The number of imidazole rings is 1. The fraction of sp³-hybridized carbons (Fsp3) is 0.0952. The summed E-state index contributed by atoms with van der Waals surface area (Å²) in [5.74, 6) is -0.226. The maximum atomic E-state index is 12.3. The molecule has 0 saturated carbocycles. The van der Waals surface area contributed by atoms with Gasteiger partial charge in [-0.25, -0.2) is 4.98 Å². The zero-order valence-electron chi connectivity index (χ0n) is 15.6. The molecule has 8 heteroatoms. The number of thiazole rings is 1. The summed E-state index contributed by atoms with van der Waals surface area (Å²) in [6.07, 6.45) is 3.93. The summed E-state index contributed by atoms with van der Waals surface area (Å²) in [7, 11) is 1.50. The number of rotatable bonds is 6. The van der Waals surface area contributed by atoms with Crippen molar-refractivity contribution in [3.05, 3.63) is 71.9 Å².